The van der Waals surface area contributed by atoms with Gasteiger partial charge in [0, 0.05) is 30.4 Å². The van der Waals surface area contributed by atoms with E-state index in [4.69, 9.17) is 9.47 Å². The Morgan fingerprint density at radius 1 is 1.23 bits per heavy atom. The van der Waals surface area contributed by atoms with E-state index in [0.29, 0.717) is 24.4 Å². The van der Waals surface area contributed by atoms with Gasteiger partial charge in [-0.3, -0.25) is 9.59 Å². The number of esters is 1. The maximum atomic E-state index is 12.9. The molecular weight excluding hydrogens is 280 g/mol. The predicted octanol–water partition coefficient (Wildman–Crippen LogP) is 3.36. The second-order valence-electron chi connectivity index (χ2n) is 6.11. The van der Waals surface area contributed by atoms with Crippen molar-refractivity contribution in [1.29, 1.82) is 0 Å². The Kier molecular flexibility index (Phi) is 4.40. The molecule has 4 heteroatoms. The molecule has 0 aromatic heterocycles. The molecule has 0 spiro atoms. The van der Waals surface area contributed by atoms with Crippen molar-refractivity contribution in [2.45, 2.75) is 39.7 Å². The Balaban J connectivity index is 2.62. The van der Waals surface area contributed by atoms with Crippen molar-refractivity contribution in [2.24, 2.45) is 5.41 Å². The Labute approximate surface area is 131 Å². The lowest BCUT2D eigenvalue weighted by molar-refractivity contribution is -0.183. The standard InChI is InChI=1S/C18H22O4/c1-5-21-15-11-16(20)18(22-13(2)19,17(3,4)12-15)14-9-7-6-8-10-14/h6-11H,5,12H2,1-4H3. The molecule has 4 nitrogen and oxygen atoms in total. The molecule has 0 aliphatic heterocycles. The summed E-state index contributed by atoms with van der Waals surface area (Å²) < 4.78 is 11.2. The first-order valence-corrected chi connectivity index (χ1v) is 7.46. The number of benzene rings is 1. The monoisotopic (exact) mass is 302 g/mol. The minimum Gasteiger partial charge on any atom is -0.498 e. The summed E-state index contributed by atoms with van der Waals surface area (Å²) in [6.45, 7) is 7.56. The number of allylic oxidation sites excluding steroid dienone is 1. The maximum Gasteiger partial charge on any atom is 0.304 e. The summed E-state index contributed by atoms with van der Waals surface area (Å²) in [5, 5.41) is 0. The summed E-state index contributed by atoms with van der Waals surface area (Å²) in [4.78, 5) is 24.6. The van der Waals surface area contributed by atoms with E-state index in [1.807, 2.05) is 51.1 Å². The molecule has 1 aliphatic rings. The van der Waals surface area contributed by atoms with Gasteiger partial charge >= 0.3 is 5.97 Å². The highest BCUT2D eigenvalue weighted by atomic mass is 16.6. The molecule has 2 rings (SSSR count). The zero-order valence-electron chi connectivity index (χ0n) is 13.5. The molecule has 0 bridgehead atoms. The molecule has 0 fully saturated rings. The molecule has 0 amide bonds. The van der Waals surface area contributed by atoms with Gasteiger partial charge in [0.25, 0.3) is 0 Å². The summed E-state index contributed by atoms with van der Waals surface area (Å²) in [5.41, 5.74) is -1.25. The van der Waals surface area contributed by atoms with E-state index in [-0.39, 0.29) is 5.78 Å². The third kappa shape index (κ3) is 2.65. The first kappa shape index (κ1) is 16.3. The van der Waals surface area contributed by atoms with E-state index in [1.54, 1.807) is 0 Å². The first-order valence-electron chi connectivity index (χ1n) is 7.46. The third-order valence-corrected chi connectivity index (χ3v) is 4.02. The van der Waals surface area contributed by atoms with Gasteiger partial charge in [-0.2, -0.15) is 0 Å². The predicted molar refractivity (Wildman–Crippen MR) is 83.0 cm³/mol. The smallest absolute Gasteiger partial charge is 0.304 e. The minimum absolute atomic E-state index is 0.256. The van der Waals surface area contributed by atoms with Crippen molar-refractivity contribution in [1.82, 2.24) is 0 Å². The molecule has 1 atom stereocenters. The zero-order chi connectivity index (χ0) is 16.4. The van der Waals surface area contributed by atoms with Crippen molar-refractivity contribution in [2.75, 3.05) is 6.61 Å². The molecule has 0 saturated carbocycles. The van der Waals surface area contributed by atoms with Crippen molar-refractivity contribution < 1.29 is 19.1 Å². The summed E-state index contributed by atoms with van der Waals surface area (Å²) >= 11 is 0. The van der Waals surface area contributed by atoms with E-state index >= 15 is 0 Å². The van der Waals surface area contributed by atoms with Gasteiger partial charge in [0.05, 0.1) is 6.61 Å². The van der Waals surface area contributed by atoms with Crippen LogP contribution in [0.2, 0.25) is 0 Å². The van der Waals surface area contributed by atoms with Gasteiger partial charge in [-0.15, -0.1) is 0 Å². The minimum atomic E-state index is -1.32. The van der Waals surface area contributed by atoms with Crippen molar-refractivity contribution >= 4 is 11.8 Å². The largest absolute Gasteiger partial charge is 0.498 e. The summed E-state index contributed by atoms with van der Waals surface area (Å²) in [7, 11) is 0. The Morgan fingerprint density at radius 3 is 2.36 bits per heavy atom. The molecule has 1 aliphatic carbocycles. The lowest BCUT2D eigenvalue weighted by Crippen LogP contribution is -2.53. The lowest BCUT2D eigenvalue weighted by atomic mass is 9.63. The molecule has 0 heterocycles. The SMILES string of the molecule is CCOC1=CC(=O)C(OC(C)=O)(c2ccccc2)C(C)(C)C1. The molecule has 22 heavy (non-hydrogen) atoms. The van der Waals surface area contributed by atoms with Gasteiger partial charge in [0.2, 0.25) is 11.4 Å². The first-order chi connectivity index (χ1) is 10.3. The quantitative estimate of drug-likeness (QED) is 0.800. The number of ether oxygens (including phenoxy) is 2. The van der Waals surface area contributed by atoms with Crippen molar-refractivity contribution in [3.63, 3.8) is 0 Å². The zero-order valence-corrected chi connectivity index (χ0v) is 13.5. The van der Waals surface area contributed by atoms with Crippen LogP contribution in [0.1, 0.15) is 39.7 Å². The summed E-state index contributed by atoms with van der Waals surface area (Å²) in [6, 6.07) is 9.19. The molecule has 1 aromatic carbocycles. The molecule has 0 radical (unpaired) electrons. The van der Waals surface area contributed by atoms with Crippen LogP contribution in [0.5, 0.6) is 0 Å². The van der Waals surface area contributed by atoms with Crippen LogP contribution in [0, 0.1) is 5.41 Å². The van der Waals surface area contributed by atoms with Gasteiger partial charge in [-0.1, -0.05) is 44.2 Å². The summed E-state index contributed by atoms with van der Waals surface area (Å²) in [5.74, 6) is -0.0941. The van der Waals surface area contributed by atoms with Gasteiger partial charge in [0.15, 0.2) is 0 Å². The van der Waals surface area contributed by atoms with Crippen LogP contribution in [-0.2, 0) is 24.7 Å². The normalized spacial score (nSPS) is 23.6. The molecule has 1 aromatic rings. The van der Waals surface area contributed by atoms with Gasteiger partial charge in [-0.25, -0.2) is 0 Å². The maximum absolute atomic E-state index is 12.9. The molecule has 0 N–H and O–H groups in total. The van der Waals surface area contributed by atoms with E-state index in [9.17, 15) is 9.59 Å². The summed E-state index contributed by atoms with van der Waals surface area (Å²) in [6.07, 6.45) is 1.99. The molecule has 118 valence electrons. The van der Waals surface area contributed by atoms with Crippen LogP contribution >= 0.6 is 0 Å². The van der Waals surface area contributed by atoms with Crippen LogP contribution in [0.3, 0.4) is 0 Å². The Morgan fingerprint density at radius 2 is 1.86 bits per heavy atom. The average molecular weight is 302 g/mol. The fourth-order valence-corrected chi connectivity index (χ4v) is 3.14. The molecule has 1 unspecified atom stereocenters. The van der Waals surface area contributed by atoms with E-state index in [0.717, 1.165) is 0 Å². The van der Waals surface area contributed by atoms with Gasteiger partial charge in [0.1, 0.15) is 5.76 Å². The highest BCUT2D eigenvalue weighted by molar-refractivity contribution is 6.01. The van der Waals surface area contributed by atoms with E-state index in [1.165, 1.54) is 13.0 Å². The second-order valence-corrected chi connectivity index (χ2v) is 6.11. The third-order valence-electron chi connectivity index (χ3n) is 4.02. The fraction of sp³-hybridized carbons (Fsp3) is 0.444. The fourth-order valence-electron chi connectivity index (χ4n) is 3.14. The highest BCUT2D eigenvalue weighted by Gasteiger charge is 2.57. The highest BCUT2D eigenvalue weighted by Crippen LogP contribution is 2.50. The van der Waals surface area contributed by atoms with E-state index in [2.05, 4.69) is 0 Å². The molecule has 0 saturated heterocycles. The van der Waals surface area contributed by atoms with Crippen molar-refractivity contribution in [3.8, 4) is 0 Å². The van der Waals surface area contributed by atoms with Crippen LogP contribution < -0.4 is 0 Å². The van der Waals surface area contributed by atoms with E-state index < -0.39 is 17.0 Å². The van der Waals surface area contributed by atoms with Crippen LogP contribution in [0.25, 0.3) is 0 Å². The van der Waals surface area contributed by atoms with Crippen molar-refractivity contribution in [3.05, 3.63) is 47.7 Å². The van der Waals surface area contributed by atoms with Crippen LogP contribution in [-0.4, -0.2) is 18.4 Å². The second kappa shape index (κ2) is 5.95. The lowest BCUT2D eigenvalue weighted by Gasteiger charge is -2.46. The number of rotatable bonds is 4. The van der Waals surface area contributed by atoms with Gasteiger partial charge in [-0.05, 0) is 6.92 Å². The number of carbonyl (C=O) groups excluding carboxylic acids is 2. The van der Waals surface area contributed by atoms with Crippen LogP contribution in [0.15, 0.2) is 42.2 Å². The molecular formula is C18H22O4. The van der Waals surface area contributed by atoms with Gasteiger partial charge < -0.3 is 9.47 Å². The Hall–Kier alpha value is -2.10. The average Bonchev–Trinajstić information content (AvgIpc) is 2.43. The number of ketones is 1. The number of carbonyl (C=O) groups is 2. The number of hydrogen-bond acceptors (Lipinski definition) is 4. The topological polar surface area (TPSA) is 52.6 Å². The van der Waals surface area contributed by atoms with Crippen LogP contribution in [0.4, 0.5) is 0 Å². The Bertz CT molecular complexity index is 601. The number of hydrogen-bond donors (Lipinski definition) is 0.